The predicted molar refractivity (Wildman–Crippen MR) is 164 cm³/mol. The molecule has 9 heteroatoms. The number of nitrogens with zero attached hydrogens (tertiary/aromatic N) is 2. The Morgan fingerprint density at radius 2 is 1.67 bits per heavy atom. The topological polar surface area (TPSA) is 98.2 Å². The van der Waals surface area contributed by atoms with Crippen LogP contribution in [0.15, 0.2) is 90.5 Å². The number of hydrogen-bond acceptors (Lipinski definition) is 8. The number of fused-ring (bicyclic) bond motifs is 2. The van der Waals surface area contributed by atoms with Gasteiger partial charge in [-0.2, -0.15) is 0 Å². The number of carbonyl (C=O) groups excluding carboxylic acids is 2. The number of anilines is 1. The summed E-state index contributed by atoms with van der Waals surface area (Å²) in [4.78, 5) is 33.8. The maximum atomic E-state index is 13.8. The van der Waals surface area contributed by atoms with E-state index in [9.17, 15) is 14.7 Å². The molecular weight excluding hydrogens is 564 g/mol. The van der Waals surface area contributed by atoms with Gasteiger partial charge in [-0.1, -0.05) is 47.7 Å². The van der Waals surface area contributed by atoms with E-state index in [1.165, 1.54) is 16.2 Å². The third kappa shape index (κ3) is 4.77. The fraction of sp³-hybridized carbons (Fsp3) is 0.147. The molecule has 7 rings (SSSR count). The van der Waals surface area contributed by atoms with Crippen molar-refractivity contribution in [2.24, 2.45) is 0 Å². The van der Waals surface area contributed by atoms with Crippen LogP contribution in [0.1, 0.15) is 28.3 Å². The van der Waals surface area contributed by atoms with E-state index in [-0.39, 0.29) is 11.3 Å². The maximum absolute atomic E-state index is 13.8. The molecule has 1 N–H and O–H groups in total. The first kappa shape index (κ1) is 26.7. The van der Waals surface area contributed by atoms with Crippen molar-refractivity contribution < 1.29 is 28.9 Å². The van der Waals surface area contributed by atoms with Crippen molar-refractivity contribution in [3.63, 3.8) is 0 Å². The Balaban J connectivity index is 1.40. The summed E-state index contributed by atoms with van der Waals surface area (Å²) in [6, 6.07) is 24.5. The highest BCUT2D eigenvalue weighted by atomic mass is 32.1. The summed E-state index contributed by atoms with van der Waals surface area (Å²) in [7, 11) is 0. The number of aliphatic hydroxyl groups excluding tert-OH is 1. The quantitative estimate of drug-likeness (QED) is 0.132. The number of ketones is 1. The molecule has 2 aliphatic rings. The number of amides is 1. The van der Waals surface area contributed by atoms with Gasteiger partial charge in [0.1, 0.15) is 30.5 Å². The Hall–Kier alpha value is -5.15. The zero-order valence-corrected chi connectivity index (χ0v) is 24.2. The van der Waals surface area contributed by atoms with Crippen molar-refractivity contribution in [3.8, 4) is 23.0 Å². The lowest BCUT2D eigenvalue weighted by atomic mass is 9.95. The van der Waals surface area contributed by atoms with Gasteiger partial charge in [0, 0.05) is 5.56 Å². The Kier molecular flexibility index (Phi) is 6.59. The number of thiazole rings is 1. The first-order valence-corrected chi connectivity index (χ1v) is 14.6. The first-order valence-electron chi connectivity index (χ1n) is 13.8. The van der Waals surface area contributed by atoms with E-state index >= 15 is 0 Å². The van der Waals surface area contributed by atoms with Crippen molar-refractivity contribution in [1.29, 1.82) is 0 Å². The largest absolute Gasteiger partial charge is 0.507 e. The summed E-state index contributed by atoms with van der Waals surface area (Å²) in [5.74, 6) is 0.268. The minimum Gasteiger partial charge on any atom is -0.507 e. The Morgan fingerprint density at radius 1 is 0.907 bits per heavy atom. The van der Waals surface area contributed by atoms with Crippen LogP contribution in [-0.2, 0) is 9.59 Å². The fourth-order valence-electron chi connectivity index (χ4n) is 5.53. The number of rotatable bonds is 5. The molecule has 1 saturated heterocycles. The number of aromatic nitrogens is 1. The lowest BCUT2D eigenvalue weighted by Gasteiger charge is -2.23. The summed E-state index contributed by atoms with van der Waals surface area (Å²) in [6.45, 7) is 4.76. The van der Waals surface area contributed by atoms with E-state index in [0.717, 1.165) is 21.3 Å². The van der Waals surface area contributed by atoms with Crippen molar-refractivity contribution >= 4 is 44.1 Å². The number of Topliss-reactive ketones (excluding diaryl/α,β-unsaturated/α-hetero) is 1. The minimum absolute atomic E-state index is 0.0503. The first-order chi connectivity index (χ1) is 20.9. The van der Waals surface area contributed by atoms with Gasteiger partial charge in [0.15, 0.2) is 16.6 Å². The Bertz CT molecular complexity index is 1950. The number of hydrogen-bond donors (Lipinski definition) is 1. The van der Waals surface area contributed by atoms with E-state index in [2.05, 4.69) is 0 Å². The molecule has 5 aromatic rings. The fourth-order valence-corrected chi connectivity index (χ4v) is 6.69. The molecule has 2 aliphatic heterocycles. The van der Waals surface area contributed by atoms with E-state index in [1.54, 1.807) is 42.5 Å². The van der Waals surface area contributed by atoms with Gasteiger partial charge in [-0.05, 0) is 79.1 Å². The second-order valence-electron chi connectivity index (χ2n) is 10.4. The van der Waals surface area contributed by atoms with Gasteiger partial charge < -0.3 is 19.3 Å². The number of carbonyl (C=O) groups is 2. The average Bonchev–Trinajstić information content (AvgIpc) is 3.55. The smallest absolute Gasteiger partial charge is 0.301 e. The number of benzene rings is 4. The summed E-state index contributed by atoms with van der Waals surface area (Å²) in [6.07, 6.45) is 0. The molecule has 1 fully saturated rings. The predicted octanol–water partition coefficient (Wildman–Crippen LogP) is 7.10. The summed E-state index contributed by atoms with van der Waals surface area (Å²) < 4.78 is 18.3. The Labute approximate surface area is 251 Å². The van der Waals surface area contributed by atoms with Crippen LogP contribution in [0.2, 0.25) is 0 Å². The summed E-state index contributed by atoms with van der Waals surface area (Å²) >= 11 is 1.33. The number of aryl methyl sites for hydroxylation is 2. The summed E-state index contributed by atoms with van der Waals surface area (Å²) in [5, 5.41) is 12.0. The minimum atomic E-state index is -0.963. The third-order valence-corrected chi connectivity index (χ3v) is 8.44. The van der Waals surface area contributed by atoms with Gasteiger partial charge >= 0.3 is 5.91 Å². The Morgan fingerprint density at radius 3 is 2.49 bits per heavy atom. The van der Waals surface area contributed by atoms with Crippen molar-refractivity contribution in [2.45, 2.75) is 19.9 Å². The van der Waals surface area contributed by atoms with E-state index < -0.39 is 17.7 Å². The van der Waals surface area contributed by atoms with Crippen LogP contribution in [0.4, 0.5) is 5.13 Å². The van der Waals surface area contributed by atoms with Gasteiger partial charge in [0.2, 0.25) is 0 Å². The van der Waals surface area contributed by atoms with Gasteiger partial charge in [-0.25, -0.2) is 4.98 Å². The van der Waals surface area contributed by atoms with Crippen LogP contribution in [0.25, 0.3) is 16.0 Å². The molecule has 0 radical (unpaired) electrons. The van der Waals surface area contributed by atoms with Crippen LogP contribution >= 0.6 is 11.3 Å². The van der Waals surface area contributed by atoms with Gasteiger partial charge in [-0.15, -0.1) is 0 Å². The highest BCUT2D eigenvalue weighted by Crippen LogP contribution is 2.46. The van der Waals surface area contributed by atoms with Crippen molar-refractivity contribution in [1.82, 2.24) is 4.98 Å². The molecule has 1 amide bonds. The molecule has 0 unspecified atom stereocenters. The average molecular weight is 591 g/mol. The lowest BCUT2D eigenvalue weighted by molar-refractivity contribution is -0.132. The molecule has 0 bridgehead atoms. The standard InChI is InChI=1S/C34H26N2O6S/c1-19-15-20(2)29-27(16-19)43-34(35-29)36-30(21-7-6-10-24(17-21)42-23-8-4-3-5-9-23)28(32(38)33(36)39)31(37)22-11-12-25-26(18-22)41-14-13-40-25/h3-12,15-18,30,37H,13-14H2,1-2H3/b31-28+/t30-/m1/s1. The number of aliphatic hydroxyl groups is 1. The molecule has 0 saturated carbocycles. The van der Waals surface area contributed by atoms with Gasteiger partial charge in [-0.3, -0.25) is 14.5 Å². The molecular formula is C34H26N2O6S. The molecule has 214 valence electrons. The molecule has 0 spiro atoms. The highest BCUT2D eigenvalue weighted by Gasteiger charge is 2.48. The van der Waals surface area contributed by atoms with Crippen LogP contribution < -0.4 is 19.1 Å². The van der Waals surface area contributed by atoms with Crippen molar-refractivity contribution in [2.75, 3.05) is 18.1 Å². The number of ether oxygens (including phenoxy) is 3. The zero-order chi connectivity index (χ0) is 29.7. The van der Waals surface area contributed by atoms with Crippen molar-refractivity contribution in [3.05, 3.63) is 113 Å². The summed E-state index contributed by atoms with van der Waals surface area (Å²) in [5.41, 5.74) is 3.67. The van der Waals surface area contributed by atoms with E-state index in [0.29, 0.717) is 52.5 Å². The van der Waals surface area contributed by atoms with Crippen LogP contribution in [0, 0.1) is 13.8 Å². The maximum Gasteiger partial charge on any atom is 0.301 e. The van der Waals surface area contributed by atoms with Crippen LogP contribution in [0.5, 0.6) is 23.0 Å². The normalized spacial score (nSPS) is 17.4. The highest BCUT2D eigenvalue weighted by molar-refractivity contribution is 7.22. The molecule has 4 aromatic carbocycles. The second kappa shape index (κ2) is 10.6. The molecule has 1 aromatic heterocycles. The molecule has 43 heavy (non-hydrogen) atoms. The second-order valence-corrected chi connectivity index (χ2v) is 11.4. The third-order valence-electron chi connectivity index (χ3n) is 7.44. The van der Waals surface area contributed by atoms with E-state index in [1.807, 2.05) is 56.3 Å². The van der Waals surface area contributed by atoms with Gasteiger partial charge in [0.25, 0.3) is 5.78 Å². The molecule has 0 aliphatic carbocycles. The SMILES string of the molecule is Cc1cc(C)c2nc(N3C(=O)C(=O)/C(=C(/O)c4ccc5c(c4)OCCO5)[C@H]3c3cccc(Oc4ccccc4)c3)sc2c1. The van der Waals surface area contributed by atoms with E-state index in [4.69, 9.17) is 19.2 Å². The lowest BCUT2D eigenvalue weighted by Crippen LogP contribution is -2.29. The molecule has 8 nitrogen and oxygen atoms in total. The molecule has 3 heterocycles. The van der Waals surface area contributed by atoms with Gasteiger partial charge in [0.05, 0.1) is 21.8 Å². The molecule has 1 atom stereocenters. The zero-order valence-electron chi connectivity index (χ0n) is 23.4. The van der Waals surface area contributed by atoms with Crippen LogP contribution in [-0.4, -0.2) is 35.0 Å². The van der Waals surface area contributed by atoms with Crippen LogP contribution in [0.3, 0.4) is 0 Å². The monoisotopic (exact) mass is 590 g/mol. The number of para-hydroxylation sites is 1.